The Morgan fingerprint density at radius 3 is 2.26 bits per heavy atom. The molecule has 0 aliphatic carbocycles. The second-order valence-electron chi connectivity index (χ2n) is 6.33. The van der Waals surface area contributed by atoms with E-state index in [1.54, 1.807) is 18.5 Å². The first-order valence-corrected chi connectivity index (χ1v) is 9.24. The summed E-state index contributed by atoms with van der Waals surface area (Å²) < 4.78 is 14.5. The second kappa shape index (κ2) is 9.04. The summed E-state index contributed by atoms with van der Waals surface area (Å²) >= 11 is 0. The van der Waals surface area contributed by atoms with Crippen LogP contribution in [0.2, 0.25) is 0 Å². The smallest absolute Gasteiger partial charge is 0.131 e. The average Bonchev–Trinajstić information content (AvgIpc) is 2.72. The van der Waals surface area contributed by atoms with Gasteiger partial charge in [0, 0.05) is 5.56 Å². The van der Waals surface area contributed by atoms with Crippen LogP contribution in [0, 0.1) is 5.82 Å². The van der Waals surface area contributed by atoms with Gasteiger partial charge in [-0.05, 0) is 46.7 Å². The quantitative estimate of drug-likeness (QED) is 0.377. The molecule has 0 heterocycles. The van der Waals surface area contributed by atoms with Gasteiger partial charge in [0.15, 0.2) is 0 Å². The standard InChI is InChI=1S/C24H23FN2/c1-3-18-9-12-21(13-10-18)23-14-11-19(15-24(23)25)16-26-27-17-22-8-6-5-7-20(22)4-2/h5-17H,3-4H2,1-2H3. The molecule has 0 aliphatic heterocycles. The van der Waals surface area contributed by atoms with Gasteiger partial charge >= 0.3 is 0 Å². The molecule has 0 saturated carbocycles. The van der Waals surface area contributed by atoms with Gasteiger partial charge in [-0.3, -0.25) is 0 Å². The molecule has 0 bridgehead atoms. The van der Waals surface area contributed by atoms with Crippen LogP contribution in [0.4, 0.5) is 4.39 Å². The Morgan fingerprint density at radius 2 is 1.56 bits per heavy atom. The molecule has 0 unspecified atom stereocenters. The monoisotopic (exact) mass is 358 g/mol. The highest BCUT2D eigenvalue weighted by Crippen LogP contribution is 2.24. The van der Waals surface area contributed by atoms with Crippen molar-refractivity contribution in [2.45, 2.75) is 26.7 Å². The molecular weight excluding hydrogens is 335 g/mol. The topological polar surface area (TPSA) is 24.7 Å². The van der Waals surface area contributed by atoms with Gasteiger partial charge in [-0.25, -0.2) is 4.39 Å². The van der Waals surface area contributed by atoms with Crippen molar-refractivity contribution in [3.8, 4) is 11.1 Å². The molecule has 0 amide bonds. The van der Waals surface area contributed by atoms with Crippen LogP contribution in [-0.2, 0) is 12.8 Å². The Bertz CT molecular complexity index is 956. The molecule has 2 nitrogen and oxygen atoms in total. The fourth-order valence-electron chi connectivity index (χ4n) is 2.94. The van der Waals surface area contributed by atoms with Crippen LogP contribution in [0.3, 0.4) is 0 Å². The van der Waals surface area contributed by atoms with E-state index in [0.29, 0.717) is 11.1 Å². The summed E-state index contributed by atoms with van der Waals surface area (Å²) in [6.45, 7) is 4.21. The maximum absolute atomic E-state index is 14.5. The highest BCUT2D eigenvalue weighted by molar-refractivity contribution is 5.84. The van der Waals surface area contributed by atoms with Crippen molar-refractivity contribution in [2.75, 3.05) is 0 Å². The van der Waals surface area contributed by atoms with E-state index in [1.807, 2.05) is 48.5 Å². The fraction of sp³-hybridized carbons (Fsp3) is 0.167. The summed E-state index contributed by atoms with van der Waals surface area (Å²) in [6.07, 6.45) is 5.21. The van der Waals surface area contributed by atoms with Crippen molar-refractivity contribution in [1.29, 1.82) is 0 Å². The normalized spacial score (nSPS) is 11.5. The Labute approximate surface area is 160 Å². The molecule has 27 heavy (non-hydrogen) atoms. The second-order valence-corrected chi connectivity index (χ2v) is 6.33. The molecule has 0 aromatic heterocycles. The van der Waals surface area contributed by atoms with E-state index in [4.69, 9.17) is 0 Å². The lowest BCUT2D eigenvalue weighted by Gasteiger charge is -2.05. The molecule has 0 N–H and O–H groups in total. The predicted octanol–water partition coefficient (Wildman–Crippen LogP) is 6.07. The van der Waals surface area contributed by atoms with Crippen molar-refractivity contribution in [3.63, 3.8) is 0 Å². The molecule has 0 spiro atoms. The van der Waals surface area contributed by atoms with Gasteiger partial charge in [-0.1, -0.05) is 74.5 Å². The van der Waals surface area contributed by atoms with Crippen molar-refractivity contribution >= 4 is 12.4 Å². The zero-order valence-electron chi connectivity index (χ0n) is 15.7. The van der Waals surface area contributed by atoms with Gasteiger partial charge in [-0.2, -0.15) is 10.2 Å². The zero-order chi connectivity index (χ0) is 19.1. The Morgan fingerprint density at radius 1 is 0.815 bits per heavy atom. The van der Waals surface area contributed by atoms with Gasteiger partial charge in [0.2, 0.25) is 0 Å². The molecule has 0 atom stereocenters. The Balaban J connectivity index is 1.73. The van der Waals surface area contributed by atoms with Crippen LogP contribution >= 0.6 is 0 Å². The van der Waals surface area contributed by atoms with Crippen LogP contribution < -0.4 is 0 Å². The highest BCUT2D eigenvalue weighted by Gasteiger charge is 2.05. The third-order valence-corrected chi connectivity index (χ3v) is 4.57. The van der Waals surface area contributed by atoms with Gasteiger partial charge in [-0.15, -0.1) is 0 Å². The lowest BCUT2D eigenvalue weighted by atomic mass is 10.0. The van der Waals surface area contributed by atoms with Crippen molar-refractivity contribution in [1.82, 2.24) is 0 Å². The number of halogens is 1. The maximum Gasteiger partial charge on any atom is 0.131 e. The van der Waals surface area contributed by atoms with E-state index in [2.05, 4.69) is 30.1 Å². The summed E-state index contributed by atoms with van der Waals surface area (Å²) in [7, 11) is 0. The molecule has 3 aromatic carbocycles. The number of aryl methyl sites for hydroxylation is 2. The minimum atomic E-state index is -0.261. The molecule has 136 valence electrons. The molecule has 0 fully saturated rings. The zero-order valence-corrected chi connectivity index (χ0v) is 15.7. The largest absolute Gasteiger partial charge is 0.206 e. The van der Waals surface area contributed by atoms with Gasteiger partial charge < -0.3 is 0 Å². The first-order valence-electron chi connectivity index (χ1n) is 9.24. The SMILES string of the molecule is CCc1ccc(-c2ccc(C=NN=Cc3ccccc3CC)cc2F)cc1. The van der Waals surface area contributed by atoms with Gasteiger partial charge in [0.1, 0.15) is 5.82 Å². The van der Waals surface area contributed by atoms with E-state index in [-0.39, 0.29) is 5.82 Å². The van der Waals surface area contributed by atoms with Crippen molar-refractivity contribution in [2.24, 2.45) is 10.2 Å². The summed E-state index contributed by atoms with van der Waals surface area (Å²) in [6, 6.07) is 21.2. The van der Waals surface area contributed by atoms with E-state index in [9.17, 15) is 4.39 Å². The summed E-state index contributed by atoms with van der Waals surface area (Å²) in [4.78, 5) is 0. The van der Waals surface area contributed by atoms with Crippen molar-refractivity contribution in [3.05, 3.63) is 94.8 Å². The van der Waals surface area contributed by atoms with E-state index in [1.165, 1.54) is 17.2 Å². The average molecular weight is 358 g/mol. The number of nitrogens with zero attached hydrogens (tertiary/aromatic N) is 2. The Kier molecular flexibility index (Phi) is 6.26. The first kappa shape index (κ1) is 18.7. The van der Waals surface area contributed by atoms with E-state index < -0.39 is 0 Å². The third-order valence-electron chi connectivity index (χ3n) is 4.57. The summed E-state index contributed by atoms with van der Waals surface area (Å²) in [5.41, 5.74) is 5.67. The molecule has 3 heteroatoms. The minimum Gasteiger partial charge on any atom is -0.206 e. The fourth-order valence-corrected chi connectivity index (χ4v) is 2.94. The molecule has 0 saturated heterocycles. The number of hydrogen-bond donors (Lipinski definition) is 0. The molecule has 3 rings (SSSR count). The third kappa shape index (κ3) is 4.76. The molecule has 0 radical (unpaired) electrons. The van der Waals surface area contributed by atoms with Crippen LogP contribution in [-0.4, -0.2) is 12.4 Å². The number of rotatable bonds is 6. The minimum absolute atomic E-state index is 0.261. The van der Waals surface area contributed by atoms with Crippen LogP contribution in [0.15, 0.2) is 76.9 Å². The lowest BCUT2D eigenvalue weighted by Crippen LogP contribution is -1.90. The van der Waals surface area contributed by atoms with Crippen LogP contribution in [0.5, 0.6) is 0 Å². The number of benzene rings is 3. The van der Waals surface area contributed by atoms with E-state index in [0.717, 1.165) is 24.0 Å². The first-order chi connectivity index (χ1) is 13.2. The molecular formula is C24H23FN2. The summed E-state index contributed by atoms with van der Waals surface area (Å²) in [5, 5.41) is 8.15. The summed E-state index contributed by atoms with van der Waals surface area (Å²) in [5.74, 6) is -0.261. The van der Waals surface area contributed by atoms with E-state index >= 15 is 0 Å². The predicted molar refractivity (Wildman–Crippen MR) is 112 cm³/mol. The molecule has 0 aliphatic rings. The van der Waals surface area contributed by atoms with Crippen molar-refractivity contribution < 1.29 is 4.39 Å². The van der Waals surface area contributed by atoms with Crippen LogP contribution in [0.1, 0.15) is 36.1 Å². The highest BCUT2D eigenvalue weighted by atomic mass is 19.1. The number of hydrogen-bond acceptors (Lipinski definition) is 2. The lowest BCUT2D eigenvalue weighted by molar-refractivity contribution is 0.631. The maximum atomic E-state index is 14.5. The Hall–Kier alpha value is -3.07. The molecule has 3 aromatic rings. The van der Waals surface area contributed by atoms with Gasteiger partial charge in [0.05, 0.1) is 12.4 Å². The van der Waals surface area contributed by atoms with Crippen LogP contribution in [0.25, 0.3) is 11.1 Å². The van der Waals surface area contributed by atoms with Gasteiger partial charge in [0.25, 0.3) is 0 Å².